The first-order chi connectivity index (χ1) is 22.9. The number of hydrogen-bond acceptors (Lipinski definition) is 8. The summed E-state index contributed by atoms with van der Waals surface area (Å²) in [4.78, 5) is 49.1. The highest BCUT2D eigenvalue weighted by Gasteiger charge is 2.32. The molecule has 0 bridgehead atoms. The lowest BCUT2D eigenvalue weighted by atomic mass is 10.1. The van der Waals surface area contributed by atoms with Gasteiger partial charge >= 0.3 is 6.18 Å². The largest absolute Gasteiger partial charge is 0.416 e. The third kappa shape index (κ3) is 6.33. The second-order valence-electron chi connectivity index (χ2n) is 11.9. The Morgan fingerprint density at radius 3 is 2.46 bits per heavy atom. The van der Waals surface area contributed by atoms with Crippen molar-refractivity contribution in [2.75, 3.05) is 54.5 Å². The van der Waals surface area contributed by atoms with Gasteiger partial charge in [0, 0.05) is 38.4 Å². The van der Waals surface area contributed by atoms with Crippen molar-refractivity contribution in [3.63, 3.8) is 0 Å². The van der Waals surface area contributed by atoms with Crippen molar-refractivity contribution in [2.45, 2.75) is 52.4 Å². The number of benzene rings is 1. The van der Waals surface area contributed by atoms with Crippen molar-refractivity contribution in [3.05, 3.63) is 73.3 Å². The summed E-state index contributed by atoms with van der Waals surface area (Å²) in [6, 6.07) is 2.67. The molecule has 13 nitrogen and oxygen atoms in total. The molecule has 17 heteroatoms. The van der Waals surface area contributed by atoms with Crippen LogP contribution in [0.1, 0.15) is 50.3 Å². The molecule has 48 heavy (non-hydrogen) atoms. The van der Waals surface area contributed by atoms with E-state index in [4.69, 9.17) is 16.3 Å². The molecule has 2 N–H and O–H groups in total. The Balaban J connectivity index is 1.36. The minimum absolute atomic E-state index is 0.0110. The van der Waals surface area contributed by atoms with Crippen molar-refractivity contribution in [1.29, 1.82) is 0 Å². The molecule has 5 heterocycles. The fourth-order valence-corrected chi connectivity index (χ4v) is 6.30. The van der Waals surface area contributed by atoms with Crippen LogP contribution in [-0.2, 0) is 28.7 Å². The molecular formula is C31H35ClF3N9O4. The molecule has 0 atom stereocenters. The van der Waals surface area contributed by atoms with Gasteiger partial charge < -0.3 is 29.5 Å². The number of anilines is 3. The maximum Gasteiger partial charge on any atom is 0.416 e. The van der Waals surface area contributed by atoms with Crippen molar-refractivity contribution in [1.82, 2.24) is 28.9 Å². The fourth-order valence-electron chi connectivity index (χ4n) is 6.08. The van der Waals surface area contributed by atoms with Gasteiger partial charge in [0.15, 0.2) is 5.82 Å². The molecule has 1 aromatic carbocycles. The Labute approximate surface area is 277 Å². The van der Waals surface area contributed by atoms with Gasteiger partial charge in [-0.1, -0.05) is 24.6 Å². The Bertz CT molecular complexity index is 2000. The number of nitrogens with one attached hydrogen (secondary N) is 2. The van der Waals surface area contributed by atoms with Gasteiger partial charge in [-0.2, -0.15) is 22.7 Å². The summed E-state index contributed by atoms with van der Waals surface area (Å²) in [6.07, 6.45) is -0.151. The molecule has 0 radical (unpaired) electrons. The summed E-state index contributed by atoms with van der Waals surface area (Å²) >= 11 is 6.12. The van der Waals surface area contributed by atoms with Crippen LogP contribution in [0.4, 0.5) is 30.2 Å². The number of carbonyl (C=O) groups is 1. The maximum absolute atomic E-state index is 14.2. The number of amides is 1. The van der Waals surface area contributed by atoms with E-state index < -0.39 is 23.2 Å². The van der Waals surface area contributed by atoms with Crippen LogP contribution >= 0.6 is 11.6 Å². The van der Waals surface area contributed by atoms with Crippen LogP contribution in [0.15, 0.2) is 40.1 Å². The number of halogens is 4. The van der Waals surface area contributed by atoms with E-state index in [2.05, 4.69) is 20.5 Å². The van der Waals surface area contributed by atoms with Crippen LogP contribution in [0.5, 0.6) is 0 Å². The Morgan fingerprint density at radius 2 is 1.85 bits per heavy atom. The Morgan fingerprint density at radius 1 is 1.12 bits per heavy atom. The van der Waals surface area contributed by atoms with Gasteiger partial charge in [-0.3, -0.25) is 14.4 Å². The Hall–Kier alpha value is -4.57. The van der Waals surface area contributed by atoms with Crippen LogP contribution < -0.4 is 26.2 Å². The van der Waals surface area contributed by atoms with Gasteiger partial charge in [-0.05, 0) is 50.5 Å². The summed E-state index contributed by atoms with van der Waals surface area (Å²) < 4.78 is 49.3. The molecule has 0 aliphatic carbocycles. The average molecular weight is 690 g/mol. The van der Waals surface area contributed by atoms with Crippen molar-refractivity contribution in [2.24, 2.45) is 0 Å². The SMILES string of the molecule is CCc1c(N2CCN(c3c[nH]n(C(C)C)c3=O)CC2)c(=O)n2nc(C3=CCOCC3)nc2n1CC(=O)Nc1ccc(C(F)(F)F)cc1Cl. The van der Waals surface area contributed by atoms with Gasteiger partial charge in [0.2, 0.25) is 11.7 Å². The molecule has 0 unspecified atom stereocenters. The van der Waals surface area contributed by atoms with E-state index in [0.717, 1.165) is 23.8 Å². The lowest BCUT2D eigenvalue weighted by Gasteiger charge is -2.37. The summed E-state index contributed by atoms with van der Waals surface area (Å²) in [5, 5.41) is 9.91. The van der Waals surface area contributed by atoms with Gasteiger partial charge in [0.25, 0.3) is 11.1 Å². The molecule has 2 aliphatic rings. The highest BCUT2D eigenvalue weighted by atomic mass is 35.5. The van der Waals surface area contributed by atoms with Gasteiger partial charge in [0.05, 0.1) is 35.2 Å². The van der Waals surface area contributed by atoms with Gasteiger partial charge in [-0.15, -0.1) is 5.10 Å². The molecule has 256 valence electrons. The smallest absolute Gasteiger partial charge is 0.377 e. The zero-order valence-electron chi connectivity index (χ0n) is 26.6. The standard InChI is InChI=1S/C31H35ClF3N9O4/c1-4-23-26(41-11-9-40(10-12-41)24-16-36-43(18(2)3)28(24)46)29(47)44-30(38-27(39-44)19-7-13-48-14-8-19)42(23)17-25(45)37-22-6-5-20(15-21(22)32)31(33,34)35/h5-7,15-16,18,36H,4,8-14,17H2,1-3H3,(H,37,45). The first-order valence-corrected chi connectivity index (χ1v) is 16.0. The molecule has 0 spiro atoms. The van der Waals surface area contributed by atoms with Gasteiger partial charge in [0.1, 0.15) is 17.9 Å². The first-order valence-electron chi connectivity index (χ1n) is 15.6. The number of carbonyl (C=O) groups excluding carboxylic acids is 1. The minimum Gasteiger partial charge on any atom is -0.377 e. The highest BCUT2D eigenvalue weighted by molar-refractivity contribution is 6.33. The zero-order valence-corrected chi connectivity index (χ0v) is 27.4. The number of fused-ring (bicyclic) bond motifs is 1. The van der Waals surface area contributed by atoms with Crippen molar-refractivity contribution >= 4 is 45.9 Å². The second kappa shape index (κ2) is 13.1. The van der Waals surface area contributed by atoms with Crippen LogP contribution in [0.2, 0.25) is 5.02 Å². The third-order valence-electron chi connectivity index (χ3n) is 8.51. The monoisotopic (exact) mass is 689 g/mol. The molecule has 4 aromatic rings. The van der Waals surface area contributed by atoms with E-state index in [1.165, 1.54) is 4.52 Å². The quantitative estimate of drug-likeness (QED) is 0.284. The normalized spacial score (nSPS) is 15.8. The molecule has 1 saturated heterocycles. The zero-order chi connectivity index (χ0) is 34.3. The number of nitrogens with zero attached hydrogens (tertiary/aromatic N) is 7. The molecule has 0 saturated carbocycles. The number of aromatic amines is 1. The number of rotatable bonds is 8. The van der Waals surface area contributed by atoms with E-state index in [1.54, 1.807) is 15.4 Å². The highest BCUT2D eigenvalue weighted by Crippen LogP contribution is 2.34. The van der Waals surface area contributed by atoms with Crippen LogP contribution in [0.3, 0.4) is 0 Å². The lowest BCUT2D eigenvalue weighted by molar-refractivity contribution is -0.137. The molecule has 1 fully saturated rings. The van der Waals surface area contributed by atoms with E-state index in [-0.39, 0.29) is 34.6 Å². The number of H-pyrrole nitrogens is 1. The van der Waals surface area contributed by atoms with E-state index in [9.17, 15) is 27.6 Å². The minimum atomic E-state index is -4.59. The molecule has 3 aromatic heterocycles. The number of piperazine rings is 1. The summed E-state index contributed by atoms with van der Waals surface area (Å²) in [5.74, 6) is -0.0958. The number of aromatic nitrogens is 6. The topological polar surface area (TPSA) is 135 Å². The molecular weight excluding hydrogens is 655 g/mol. The molecule has 2 aliphatic heterocycles. The van der Waals surface area contributed by atoms with Crippen LogP contribution in [-0.4, -0.2) is 74.2 Å². The Kier molecular flexibility index (Phi) is 9.13. The van der Waals surface area contributed by atoms with E-state index in [1.807, 2.05) is 36.6 Å². The van der Waals surface area contributed by atoms with Crippen molar-refractivity contribution < 1.29 is 22.7 Å². The van der Waals surface area contributed by atoms with Crippen molar-refractivity contribution in [3.8, 4) is 0 Å². The fraction of sp³-hybridized carbons (Fsp3) is 0.452. The summed E-state index contributed by atoms with van der Waals surface area (Å²) in [6.45, 7) is 7.98. The van der Waals surface area contributed by atoms with Gasteiger partial charge in [-0.25, -0.2) is 4.68 Å². The number of alkyl halides is 3. The second-order valence-corrected chi connectivity index (χ2v) is 12.3. The number of ether oxygens (including phenoxy) is 1. The molecule has 6 rings (SSSR count). The predicted octanol–water partition coefficient (Wildman–Crippen LogP) is 3.97. The summed E-state index contributed by atoms with van der Waals surface area (Å²) in [5.41, 5.74) is 0.818. The van der Waals surface area contributed by atoms with Crippen LogP contribution in [0, 0.1) is 0 Å². The predicted molar refractivity (Wildman–Crippen MR) is 175 cm³/mol. The third-order valence-corrected chi connectivity index (χ3v) is 8.83. The maximum atomic E-state index is 14.2. The van der Waals surface area contributed by atoms with E-state index >= 15 is 0 Å². The number of hydrogen-bond donors (Lipinski definition) is 2. The average Bonchev–Trinajstić information content (AvgIpc) is 3.68. The lowest BCUT2D eigenvalue weighted by Crippen LogP contribution is -2.50. The summed E-state index contributed by atoms with van der Waals surface area (Å²) in [7, 11) is 0. The molecule has 1 amide bonds. The van der Waals surface area contributed by atoms with E-state index in [0.29, 0.717) is 75.1 Å². The first kappa shape index (κ1) is 33.3. The van der Waals surface area contributed by atoms with Crippen LogP contribution in [0.25, 0.3) is 11.4 Å².